The number of nitrogens with zero attached hydrogens (tertiary/aromatic N) is 1. The standard InChI is InChI=1S/C12H10F5NO/c1-5(6-2-3-6)18-19-4-7-8(13)10(15)12(17)11(16)9(7)14/h6H,2-4H2,1H3/b18-5+. The molecule has 1 aliphatic carbocycles. The second kappa shape index (κ2) is 5.14. The largest absolute Gasteiger partial charge is 0.391 e. The molecule has 19 heavy (non-hydrogen) atoms. The SMILES string of the molecule is C/C(=N\OCc1c(F)c(F)c(F)c(F)c1F)C1CC1. The van der Waals surface area contributed by atoms with Gasteiger partial charge >= 0.3 is 0 Å². The average molecular weight is 279 g/mol. The molecule has 1 saturated carbocycles. The minimum absolute atomic E-state index is 0.288. The molecule has 1 aromatic carbocycles. The fourth-order valence-electron chi connectivity index (χ4n) is 1.55. The lowest BCUT2D eigenvalue weighted by Gasteiger charge is -2.07. The van der Waals surface area contributed by atoms with Gasteiger partial charge in [0.15, 0.2) is 23.3 Å². The van der Waals surface area contributed by atoms with Gasteiger partial charge in [-0.05, 0) is 19.8 Å². The summed E-state index contributed by atoms with van der Waals surface area (Å²) in [5.74, 6) is -9.65. The first-order chi connectivity index (χ1) is 8.93. The molecule has 0 spiro atoms. The van der Waals surface area contributed by atoms with Crippen molar-refractivity contribution in [2.75, 3.05) is 0 Å². The zero-order chi connectivity index (χ0) is 14.2. The third-order valence-electron chi connectivity index (χ3n) is 2.89. The monoisotopic (exact) mass is 279 g/mol. The van der Waals surface area contributed by atoms with Crippen LogP contribution in [0.5, 0.6) is 0 Å². The van der Waals surface area contributed by atoms with E-state index in [2.05, 4.69) is 9.99 Å². The summed E-state index contributed by atoms with van der Waals surface area (Å²) in [4.78, 5) is 4.65. The Morgan fingerprint density at radius 3 is 1.95 bits per heavy atom. The Kier molecular flexibility index (Phi) is 3.73. The number of halogens is 5. The molecule has 0 radical (unpaired) electrons. The lowest BCUT2D eigenvalue weighted by Crippen LogP contribution is -2.08. The molecule has 104 valence electrons. The molecule has 0 aromatic heterocycles. The number of hydrogen-bond donors (Lipinski definition) is 0. The maximum absolute atomic E-state index is 13.2. The van der Waals surface area contributed by atoms with Crippen LogP contribution in [0.25, 0.3) is 0 Å². The quantitative estimate of drug-likeness (QED) is 0.271. The summed E-state index contributed by atoms with van der Waals surface area (Å²) in [6.45, 7) is 0.867. The number of hydrogen-bond acceptors (Lipinski definition) is 2. The van der Waals surface area contributed by atoms with Gasteiger partial charge < -0.3 is 4.84 Å². The van der Waals surface area contributed by atoms with Crippen LogP contribution >= 0.6 is 0 Å². The number of oxime groups is 1. The first-order valence-corrected chi connectivity index (χ1v) is 5.60. The third kappa shape index (κ3) is 2.69. The van der Waals surface area contributed by atoms with Gasteiger partial charge in [-0.1, -0.05) is 5.16 Å². The smallest absolute Gasteiger partial charge is 0.200 e. The predicted octanol–water partition coefficient (Wildman–Crippen LogP) is 3.68. The van der Waals surface area contributed by atoms with Crippen molar-refractivity contribution in [2.24, 2.45) is 11.1 Å². The Bertz CT molecular complexity index is 510. The molecule has 0 heterocycles. The second-order valence-electron chi connectivity index (χ2n) is 4.33. The summed E-state index contributed by atoms with van der Waals surface area (Å²) < 4.78 is 65.0. The van der Waals surface area contributed by atoms with Gasteiger partial charge in [0.05, 0.1) is 11.3 Å². The molecule has 1 fully saturated rings. The molecule has 2 nitrogen and oxygen atoms in total. The Hall–Kier alpha value is -1.66. The van der Waals surface area contributed by atoms with Crippen LogP contribution in [0.3, 0.4) is 0 Å². The Labute approximate surface area is 105 Å². The molecular weight excluding hydrogens is 269 g/mol. The molecule has 0 saturated heterocycles. The normalized spacial score (nSPS) is 15.8. The summed E-state index contributed by atoms with van der Waals surface area (Å²) >= 11 is 0. The highest BCUT2D eigenvalue weighted by Gasteiger charge is 2.27. The van der Waals surface area contributed by atoms with Gasteiger partial charge in [0.2, 0.25) is 5.82 Å². The van der Waals surface area contributed by atoms with Gasteiger partial charge in [0.1, 0.15) is 6.61 Å². The van der Waals surface area contributed by atoms with E-state index in [9.17, 15) is 22.0 Å². The highest BCUT2D eigenvalue weighted by molar-refractivity contribution is 5.85. The van der Waals surface area contributed by atoms with E-state index in [1.165, 1.54) is 0 Å². The molecule has 0 unspecified atom stereocenters. The van der Waals surface area contributed by atoms with E-state index in [1.54, 1.807) is 6.92 Å². The van der Waals surface area contributed by atoms with Crippen LogP contribution in [-0.4, -0.2) is 5.71 Å². The van der Waals surface area contributed by atoms with Crippen molar-refractivity contribution in [1.29, 1.82) is 0 Å². The van der Waals surface area contributed by atoms with Crippen molar-refractivity contribution in [2.45, 2.75) is 26.4 Å². The Balaban J connectivity index is 2.18. The molecular formula is C12H10F5NO. The minimum atomic E-state index is -2.18. The molecule has 7 heteroatoms. The fourth-order valence-corrected chi connectivity index (χ4v) is 1.55. The Morgan fingerprint density at radius 2 is 1.47 bits per heavy atom. The van der Waals surface area contributed by atoms with Crippen molar-refractivity contribution in [3.05, 3.63) is 34.6 Å². The molecule has 0 N–H and O–H groups in total. The average Bonchev–Trinajstić information content (AvgIpc) is 3.22. The van der Waals surface area contributed by atoms with Crippen molar-refractivity contribution >= 4 is 5.71 Å². The highest BCUT2D eigenvalue weighted by atomic mass is 19.2. The summed E-state index contributed by atoms with van der Waals surface area (Å²) in [6.07, 6.45) is 1.92. The van der Waals surface area contributed by atoms with E-state index in [-0.39, 0.29) is 5.92 Å². The van der Waals surface area contributed by atoms with Gasteiger partial charge in [-0.15, -0.1) is 0 Å². The summed E-state index contributed by atoms with van der Waals surface area (Å²) in [5.41, 5.74) is -0.382. The van der Waals surface area contributed by atoms with Gasteiger partial charge in [-0.3, -0.25) is 0 Å². The van der Waals surface area contributed by atoms with Crippen LogP contribution in [0, 0.1) is 35.0 Å². The van der Waals surface area contributed by atoms with Crippen LogP contribution in [0.15, 0.2) is 5.16 Å². The second-order valence-corrected chi connectivity index (χ2v) is 4.33. The zero-order valence-electron chi connectivity index (χ0n) is 9.94. The van der Waals surface area contributed by atoms with E-state index >= 15 is 0 Å². The highest BCUT2D eigenvalue weighted by Crippen LogP contribution is 2.30. The molecule has 0 atom stereocenters. The van der Waals surface area contributed by atoms with E-state index in [0.717, 1.165) is 12.8 Å². The first-order valence-electron chi connectivity index (χ1n) is 5.60. The summed E-state index contributed by atoms with van der Waals surface area (Å²) in [6, 6.07) is 0. The van der Waals surface area contributed by atoms with Crippen molar-refractivity contribution in [3.63, 3.8) is 0 Å². The zero-order valence-corrected chi connectivity index (χ0v) is 9.94. The van der Waals surface area contributed by atoms with Gasteiger partial charge in [0, 0.05) is 5.92 Å². The lowest BCUT2D eigenvalue weighted by atomic mass is 10.2. The topological polar surface area (TPSA) is 21.6 Å². The van der Waals surface area contributed by atoms with E-state index < -0.39 is 41.3 Å². The third-order valence-corrected chi connectivity index (χ3v) is 2.89. The maximum Gasteiger partial charge on any atom is 0.200 e. The van der Waals surface area contributed by atoms with E-state index in [0.29, 0.717) is 5.71 Å². The fraction of sp³-hybridized carbons (Fsp3) is 0.417. The van der Waals surface area contributed by atoms with Crippen LogP contribution in [0.2, 0.25) is 0 Å². The maximum atomic E-state index is 13.2. The summed E-state index contributed by atoms with van der Waals surface area (Å²) in [5, 5.41) is 3.59. The molecule has 1 aromatic rings. The molecule has 0 bridgehead atoms. The van der Waals surface area contributed by atoms with E-state index in [1.807, 2.05) is 0 Å². The van der Waals surface area contributed by atoms with Gasteiger partial charge in [-0.25, -0.2) is 22.0 Å². The van der Waals surface area contributed by atoms with Crippen LogP contribution in [0.4, 0.5) is 22.0 Å². The Morgan fingerprint density at radius 1 is 1.00 bits per heavy atom. The molecule has 0 amide bonds. The van der Waals surface area contributed by atoms with Crippen LogP contribution in [-0.2, 0) is 11.4 Å². The molecule has 1 aliphatic rings. The number of benzene rings is 1. The van der Waals surface area contributed by atoms with Gasteiger partial charge in [0.25, 0.3) is 0 Å². The van der Waals surface area contributed by atoms with Crippen LogP contribution in [0.1, 0.15) is 25.3 Å². The first kappa shape index (κ1) is 13.8. The van der Waals surface area contributed by atoms with Crippen molar-refractivity contribution in [1.82, 2.24) is 0 Å². The minimum Gasteiger partial charge on any atom is -0.391 e. The van der Waals surface area contributed by atoms with Gasteiger partial charge in [-0.2, -0.15) is 0 Å². The van der Waals surface area contributed by atoms with Crippen molar-refractivity contribution in [3.8, 4) is 0 Å². The lowest BCUT2D eigenvalue weighted by molar-refractivity contribution is 0.122. The molecule has 0 aliphatic heterocycles. The predicted molar refractivity (Wildman–Crippen MR) is 56.9 cm³/mol. The van der Waals surface area contributed by atoms with Crippen LogP contribution < -0.4 is 0 Å². The van der Waals surface area contributed by atoms with E-state index in [4.69, 9.17) is 0 Å². The summed E-state index contributed by atoms with van der Waals surface area (Å²) in [7, 11) is 0. The molecule has 2 rings (SSSR count). The number of rotatable bonds is 4. The van der Waals surface area contributed by atoms with Crippen molar-refractivity contribution < 1.29 is 26.8 Å².